The average Bonchev–Trinajstić information content (AvgIpc) is 3.38. The lowest BCUT2D eigenvalue weighted by atomic mass is 9.34. The van der Waals surface area contributed by atoms with Gasteiger partial charge in [-0.15, -0.1) is 9.35 Å². The summed E-state index contributed by atoms with van der Waals surface area (Å²) in [4.78, 5) is 45.6. The van der Waals surface area contributed by atoms with Gasteiger partial charge in [0.25, 0.3) is 11.8 Å². The molecule has 5 fully saturated rings. The zero-order valence-corrected chi connectivity index (χ0v) is 30.8. The summed E-state index contributed by atoms with van der Waals surface area (Å²) in [5.74, 6) is -4.07. The van der Waals surface area contributed by atoms with E-state index in [9.17, 15) is 33.3 Å². The van der Waals surface area contributed by atoms with Crippen LogP contribution in [0.5, 0.6) is 5.75 Å². The van der Waals surface area contributed by atoms with Gasteiger partial charge in [-0.1, -0.05) is 51.0 Å². The van der Waals surface area contributed by atoms with E-state index >= 15 is 0 Å². The molecule has 5 aliphatic carbocycles. The number of hydroxylamine groups is 2. The van der Waals surface area contributed by atoms with E-state index in [0.717, 1.165) is 31.3 Å². The lowest BCUT2D eigenvalue weighted by molar-refractivity contribution is -0.264. The molecule has 2 aromatic rings. The fourth-order valence-electron chi connectivity index (χ4n) is 11.8. The summed E-state index contributed by atoms with van der Waals surface area (Å²) < 4.78 is 45.1. The number of rotatable bonds is 6. The van der Waals surface area contributed by atoms with Crippen LogP contribution in [0.2, 0.25) is 0 Å². The number of benzene rings is 2. The SMILES string of the molecule is CC(C)C1=C[C@@]23CC[C@@H]4[C@](C)(CCC[C@@]4(C)C(=O)OC4CCCCO4)[C@H]2C[C@@H]1C1C(=O)N(OS(=O)(=O)c2cccc4c([O-])c([N+]#N)ccc24)C(=O)C13. The van der Waals surface area contributed by atoms with Gasteiger partial charge in [-0.2, -0.15) is 8.42 Å². The number of esters is 1. The summed E-state index contributed by atoms with van der Waals surface area (Å²) in [5, 5.41) is 22.5. The van der Waals surface area contributed by atoms with Gasteiger partial charge in [0.1, 0.15) is 4.90 Å². The van der Waals surface area contributed by atoms with E-state index in [-0.39, 0.29) is 56.4 Å². The number of amides is 2. The molecule has 2 aliphatic heterocycles. The predicted molar refractivity (Wildman–Crippen MR) is 185 cm³/mol. The lowest BCUT2D eigenvalue weighted by Crippen LogP contribution is -2.65. The standard InChI is InChI=1S/C39H45N3O9S/c1-21(2)25-20-39-17-14-28-37(3,15-8-16-38(28,4)36(46)50-30-11-5-6-18-49-30)29(39)19-24(25)31-32(39)35(45)42(34(31)44)51-52(47,48)27-10-7-9-23-22(27)12-13-26(41-40)33(23)43/h7,9-10,12-13,20-21,24,28-32H,5-6,8,11,14-19H2,1-4H3/t24-,28+,29+,30?,31?,32?,37-,38+,39-/m0/s1. The number of diazo groups is 1. The van der Waals surface area contributed by atoms with Crippen molar-refractivity contribution >= 4 is 44.4 Å². The van der Waals surface area contributed by atoms with Crippen LogP contribution >= 0.6 is 0 Å². The van der Waals surface area contributed by atoms with Crippen molar-refractivity contribution in [1.82, 2.24) is 5.06 Å². The van der Waals surface area contributed by atoms with E-state index in [1.807, 2.05) is 6.92 Å². The second kappa shape index (κ2) is 12.1. The van der Waals surface area contributed by atoms with Crippen LogP contribution in [0.3, 0.4) is 0 Å². The van der Waals surface area contributed by atoms with Crippen LogP contribution in [0.25, 0.3) is 15.7 Å². The number of imide groups is 1. The Bertz CT molecular complexity index is 2070. The van der Waals surface area contributed by atoms with Crippen LogP contribution < -0.4 is 5.11 Å². The summed E-state index contributed by atoms with van der Waals surface area (Å²) in [6.45, 7) is 9.03. The van der Waals surface area contributed by atoms with Gasteiger partial charge in [-0.25, -0.2) is 0 Å². The molecular formula is C39H45N3O9S. The van der Waals surface area contributed by atoms with Gasteiger partial charge in [-0.05, 0) is 104 Å². The monoisotopic (exact) mass is 731 g/mol. The Balaban J connectivity index is 1.14. The number of carbonyl (C=O) groups is 3. The molecule has 0 aromatic heterocycles. The number of carbonyl (C=O) groups excluding carboxylic acids is 3. The molecule has 276 valence electrons. The Morgan fingerprint density at radius 1 is 1.02 bits per heavy atom. The summed E-state index contributed by atoms with van der Waals surface area (Å²) in [7, 11) is -4.79. The van der Waals surface area contributed by atoms with Crippen LogP contribution in [0.15, 0.2) is 46.9 Å². The van der Waals surface area contributed by atoms with Crippen LogP contribution in [0, 0.1) is 57.1 Å². The average molecular weight is 732 g/mol. The highest BCUT2D eigenvalue weighted by molar-refractivity contribution is 7.87. The number of hydrogen-bond acceptors (Lipinski definition) is 10. The van der Waals surface area contributed by atoms with Crippen LogP contribution in [-0.4, -0.2) is 44.2 Å². The molecule has 2 bridgehead atoms. The molecule has 2 saturated heterocycles. The van der Waals surface area contributed by atoms with Crippen molar-refractivity contribution in [2.24, 2.45) is 51.8 Å². The minimum Gasteiger partial charge on any atom is -0.867 e. The van der Waals surface area contributed by atoms with Gasteiger partial charge < -0.3 is 14.6 Å². The van der Waals surface area contributed by atoms with Crippen LogP contribution in [0.4, 0.5) is 5.69 Å². The third-order valence-electron chi connectivity index (χ3n) is 14.0. The first-order valence-electron chi connectivity index (χ1n) is 18.6. The highest BCUT2D eigenvalue weighted by atomic mass is 32.2. The first-order valence-corrected chi connectivity index (χ1v) is 20.0. The Morgan fingerprint density at radius 3 is 2.52 bits per heavy atom. The molecule has 52 heavy (non-hydrogen) atoms. The van der Waals surface area contributed by atoms with Crippen LogP contribution in [-0.2, 0) is 38.3 Å². The van der Waals surface area contributed by atoms with Crippen molar-refractivity contribution in [3.63, 3.8) is 0 Å². The maximum atomic E-state index is 14.6. The first-order chi connectivity index (χ1) is 24.7. The topological polar surface area (TPSA) is 167 Å². The zero-order valence-electron chi connectivity index (χ0n) is 30.0. The molecule has 9 rings (SSSR count). The summed E-state index contributed by atoms with van der Waals surface area (Å²) in [6, 6.07) is 6.52. The molecule has 0 radical (unpaired) electrons. The Morgan fingerprint density at radius 2 is 1.81 bits per heavy atom. The van der Waals surface area contributed by atoms with E-state index in [4.69, 9.17) is 13.8 Å². The maximum absolute atomic E-state index is 14.6. The predicted octanol–water partition coefficient (Wildman–Crippen LogP) is 6.51. The molecule has 13 heteroatoms. The van der Waals surface area contributed by atoms with Crippen molar-refractivity contribution in [2.75, 3.05) is 6.61 Å². The van der Waals surface area contributed by atoms with E-state index < -0.39 is 56.6 Å². The largest absolute Gasteiger partial charge is 0.867 e. The highest BCUT2D eigenvalue weighted by Gasteiger charge is 2.74. The number of ether oxygens (including phenoxy) is 2. The molecule has 3 saturated carbocycles. The molecule has 1 spiro atoms. The third-order valence-corrected chi connectivity index (χ3v) is 15.2. The molecular weight excluding hydrogens is 687 g/mol. The van der Waals surface area contributed by atoms with Crippen molar-refractivity contribution in [3.05, 3.63) is 47.0 Å². The Kier molecular flexibility index (Phi) is 8.17. The first kappa shape index (κ1) is 35.2. The summed E-state index contributed by atoms with van der Waals surface area (Å²) >= 11 is 0. The van der Waals surface area contributed by atoms with E-state index in [1.54, 1.807) is 0 Å². The Labute approximate surface area is 303 Å². The van der Waals surface area contributed by atoms with Gasteiger partial charge in [0.15, 0.2) is 4.98 Å². The minimum atomic E-state index is -4.79. The van der Waals surface area contributed by atoms with Gasteiger partial charge in [0.05, 0.1) is 23.9 Å². The lowest BCUT2D eigenvalue weighted by Gasteiger charge is -2.68. The third kappa shape index (κ3) is 4.86. The highest BCUT2D eigenvalue weighted by Crippen LogP contribution is 2.74. The van der Waals surface area contributed by atoms with Gasteiger partial charge in [-0.3, -0.25) is 14.4 Å². The molecule has 2 heterocycles. The smallest absolute Gasteiger partial charge is 0.378 e. The van der Waals surface area contributed by atoms with Crippen molar-refractivity contribution < 1.29 is 41.7 Å². The van der Waals surface area contributed by atoms with Crippen molar-refractivity contribution in [2.45, 2.75) is 96.7 Å². The number of hydrogen-bond donors (Lipinski definition) is 0. The van der Waals surface area contributed by atoms with E-state index in [1.165, 1.54) is 30.3 Å². The molecule has 2 aromatic carbocycles. The molecule has 2 amide bonds. The fraction of sp³-hybridized carbons (Fsp3) is 0.615. The molecule has 9 atom stereocenters. The molecule has 12 nitrogen and oxygen atoms in total. The number of fused-ring (bicyclic) bond motifs is 2. The van der Waals surface area contributed by atoms with Crippen molar-refractivity contribution in [1.29, 1.82) is 5.39 Å². The minimum absolute atomic E-state index is 0.00878. The number of allylic oxidation sites excluding steroid dienone is 2. The maximum Gasteiger partial charge on any atom is 0.378 e. The summed E-state index contributed by atoms with van der Waals surface area (Å²) in [6.07, 6.45) is 8.59. The quantitative estimate of drug-likeness (QED) is 0.138. The zero-order chi connectivity index (χ0) is 37.0. The molecule has 0 N–H and O–H groups in total. The Hall–Kier alpha value is -3.86. The van der Waals surface area contributed by atoms with Gasteiger partial charge in [0, 0.05) is 23.3 Å². The van der Waals surface area contributed by atoms with Crippen molar-refractivity contribution in [3.8, 4) is 5.75 Å². The normalized spacial score (nSPS) is 36.9. The molecule has 7 aliphatic rings. The van der Waals surface area contributed by atoms with E-state index in [0.29, 0.717) is 43.8 Å². The van der Waals surface area contributed by atoms with Gasteiger partial charge >= 0.3 is 21.8 Å². The number of nitrogens with zero attached hydrogens (tertiary/aromatic N) is 3. The van der Waals surface area contributed by atoms with Gasteiger partial charge in [0.2, 0.25) is 11.7 Å². The summed E-state index contributed by atoms with van der Waals surface area (Å²) in [5.41, 5.74) is -0.952. The second-order valence-electron chi connectivity index (χ2n) is 16.7. The second-order valence-corrected chi connectivity index (χ2v) is 18.2. The van der Waals surface area contributed by atoms with E-state index in [2.05, 4.69) is 31.8 Å². The van der Waals surface area contributed by atoms with Crippen LogP contribution in [0.1, 0.15) is 85.5 Å². The fourth-order valence-corrected chi connectivity index (χ4v) is 12.9. The molecule has 3 unspecified atom stereocenters.